The van der Waals surface area contributed by atoms with Gasteiger partial charge in [0.15, 0.2) is 5.96 Å². The van der Waals surface area contributed by atoms with E-state index < -0.39 is 0 Å². The van der Waals surface area contributed by atoms with Crippen LogP contribution in [0, 0.1) is 0 Å². The highest BCUT2D eigenvalue weighted by molar-refractivity contribution is 5.94. The second-order valence-corrected chi connectivity index (χ2v) is 7.96. The van der Waals surface area contributed by atoms with Gasteiger partial charge in [0.05, 0.1) is 25.4 Å². The molecule has 1 unspecified atom stereocenters. The minimum absolute atomic E-state index is 0.0755. The molecule has 2 aliphatic heterocycles. The van der Waals surface area contributed by atoms with Crippen LogP contribution < -0.4 is 10.6 Å². The first-order chi connectivity index (χ1) is 14.7. The molecule has 0 radical (unpaired) electrons. The Kier molecular flexibility index (Phi) is 8.96. The van der Waals surface area contributed by atoms with Gasteiger partial charge in [-0.15, -0.1) is 0 Å². The first kappa shape index (κ1) is 22.6. The van der Waals surface area contributed by atoms with Crippen molar-refractivity contribution in [2.75, 3.05) is 39.9 Å². The van der Waals surface area contributed by atoms with E-state index in [4.69, 9.17) is 14.5 Å². The van der Waals surface area contributed by atoms with Crippen LogP contribution in [0.5, 0.6) is 0 Å². The molecule has 2 aliphatic rings. The van der Waals surface area contributed by atoms with Crippen molar-refractivity contribution in [3.8, 4) is 0 Å². The second-order valence-electron chi connectivity index (χ2n) is 7.96. The molecule has 30 heavy (non-hydrogen) atoms. The minimum Gasteiger partial charge on any atom is -0.376 e. The van der Waals surface area contributed by atoms with Gasteiger partial charge in [-0.25, -0.2) is 4.99 Å². The third-order valence-electron chi connectivity index (χ3n) is 5.70. The lowest BCUT2D eigenvalue weighted by atomic mass is 10.1. The molecule has 0 saturated carbocycles. The van der Waals surface area contributed by atoms with Crippen LogP contribution in [0.3, 0.4) is 0 Å². The van der Waals surface area contributed by atoms with E-state index >= 15 is 0 Å². The number of carbonyl (C=O) groups excluding carboxylic acids is 1. The monoisotopic (exact) mass is 416 g/mol. The summed E-state index contributed by atoms with van der Waals surface area (Å²) in [5.74, 6) is 0.852. The van der Waals surface area contributed by atoms with E-state index in [0.717, 1.165) is 63.6 Å². The Morgan fingerprint density at radius 3 is 2.80 bits per heavy atom. The molecule has 7 nitrogen and oxygen atoms in total. The zero-order chi connectivity index (χ0) is 21.2. The maximum atomic E-state index is 11.9. The molecule has 0 bridgehead atoms. The van der Waals surface area contributed by atoms with Gasteiger partial charge >= 0.3 is 0 Å². The summed E-state index contributed by atoms with van der Waals surface area (Å²) in [6.45, 7) is 6.92. The van der Waals surface area contributed by atoms with E-state index in [-0.39, 0.29) is 12.0 Å². The van der Waals surface area contributed by atoms with Crippen LogP contribution in [-0.2, 0) is 16.0 Å². The molecule has 2 fully saturated rings. The van der Waals surface area contributed by atoms with Gasteiger partial charge in [-0.05, 0) is 56.7 Å². The lowest BCUT2D eigenvalue weighted by molar-refractivity contribution is -0.0721. The maximum Gasteiger partial charge on any atom is 0.251 e. The van der Waals surface area contributed by atoms with Gasteiger partial charge in [-0.3, -0.25) is 4.79 Å². The van der Waals surface area contributed by atoms with Crippen molar-refractivity contribution in [3.05, 3.63) is 35.4 Å². The first-order valence-electron chi connectivity index (χ1n) is 11.3. The lowest BCUT2D eigenvalue weighted by Gasteiger charge is -2.35. The fourth-order valence-corrected chi connectivity index (χ4v) is 3.96. The van der Waals surface area contributed by atoms with Crippen LogP contribution in [0.15, 0.2) is 29.3 Å². The highest BCUT2D eigenvalue weighted by Gasteiger charge is 2.23. The molecule has 7 heteroatoms. The molecular weight excluding hydrogens is 380 g/mol. The SMILES string of the molecule is CCNC(=NCc1cccc(C(=O)NC)c1)N1CCC(OCC2CCCCO2)CC1. The van der Waals surface area contributed by atoms with Crippen molar-refractivity contribution >= 4 is 11.9 Å². The highest BCUT2D eigenvalue weighted by atomic mass is 16.5. The Bertz CT molecular complexity index is 695. The first-order valence-corrected chi connectivity index (χ1v) is 11.3. The van der Waals surface area contributed by atoms with Crippen molar-refractivity contribution in [3.63, 3.8) is 0 Å². The average molecular weight is 417 g/mol. The summed E-state index contributed by atoms with van der Waals surface area (Å²) in [5.41, 5.74) is 1.69. The summed E-state index contributed by atoms with van der Waals surface area (Å²) in [6.07, 6.45) is 6.14. The number of benzene rings is 1. The fourth-order valence-electron chi connectivity index (χ4n) is 3.96. The van der Waals surface area contributed by atoms with E-state index in [9.17, 15) is 4.79 Å². The Morgan fingerprint density at radius 1 is 1.27 bits per heavy atom. The Balaban J connectivity index is 1.50. The molecule has 0 aliphatic carbocycles. The van der Waals surface area contributed by atoms with Crippen molar-refractivity contribution in [2.45, 2.75) is 57.8 Å². The number of piperidine rings is 1. The summed E-state index contributed by atoms with van der Waals surface area (Å²) in [4.78, 5) is 19.0. The summed E-state index contributed by atoms with van der Waals surface area (Å²) in [5, 5.41) is 6.07. The number of hydrogen-bond acceptors (Lipinski definition) is 4. The van der Waals surface area contributed by atoms with Crippen molar-refractivity contribution < 1.29 is 14.3 Å². The Labute approximate surface area is 180 Å². The lowest BCUT2D eigenvalue weighted by Crippen LogP contribution is -2.47. The number of carbonyl (C=O) groups is 1. The van der Waals surface area contributed by atoms with Gasteiger partial charge in [0.2, 0.25) is 0 Å². The van der Waals surface area contributed by atoms with E-state index in [1.54, 1.807) is 7.05 Å². The summed E-state index contributed by atoms with van der Waals surface area (Å²) in [6, 6.07) is 7.63. The van der Waals surface area contributed by atoms with Crippen LogP contribution in [0.1, 0.15) is 54.9 Å². The molecule has 166 valence electrons. The Morgan fingerprint density at radius 2 is 2.10 bits per heavy atom. The van der Waals surface area contributed by atoms with Gasteiger partial charge in [0, 0.05) is 38.9 Å². The predicted molar refractivity (Wildman–Crippen MR) is 119 cm³/mol. The number of aliphatic imine (C=N–C) groups is 1. The van der Waals surface area contributed by atoms with Crippen LogP contribution in [0.4, 0.5) is 0 Å². The number of nitrogens with one attached hydrogen (secondary N) is 2. The molecule has 3 rings (SSSR count). The number of likely N-dealkylation sites (tertiary alicyclic amines) is 1. The number of rotatable bonds is 7. The van der Waals surface area contributed by atoms with E-state index in [0.29, 0.717) is 18.2 Å². The molecule has 1 aromatic rings. The van der Waals surface area contributed by atoms with Crippen LogP contribution in [0.25, 0.3) is 0 Å². The quantitative estimate of drug-likeness (QED) is 0.528. The number of hydrogen-bond donors (Lipinski definition) is 2. The van der Waals surface area contributed by atoms with Gasteiger partial charge in [0.1, 0.15) is 0 Å². The molecule has 0 spiro atoms. The van der Waals surface area contributed by atoms with Gasteiger partial charge in [-0.2, -0.15) is 0 Å². The van der Waals surface area contributed by atoms with Crippen molar-refractivity contribution in [2.24, 2.45) is 4.99 Å². The smallest absolute Gasteiger partial charge is 0.251 e. The number of guanidine groups is 1. The average Bonchev–Trinajstić information content (AvgIpc) is 2.81. The standard InChI is InChI=1S/C23H36N4O3/c1-3-25-23(26-16-18-7-6-8-19(15-18)22(28)24-2)27-12-10-20(11-13-27)30-17-21-9-4-5-14-29-21/h6-8,15,20-21H,3-5,9-14,16-17H2,1-2H3,(H,24,28)(H,25,26). The topological polar surface area (TPSA) is 75.2 Å². The third-order valence-corrected chi connectivity index (χ3v) is 5.70. The van der Waals surface area contributed by atoms with Crippen LogP contribution in [0.2, 0.25) is 0 Å². The molecule has 2 N–H and O–H groups in total. The van der Waals surface area contributed by atoms with Crippen molar-refractivity contribution in [1.29, 1.82) is 0 Å². The van der Waals surface area contributed by atoms with E-state index in [1.807, 2.05) is 24.3 Å². The Hall–Kier alpha value is -2.12. The molecule has 1 atom stereocenters. The fraction of sp³-hybridized carbons (Fsp3) is 0.652. The number of amides is 1. The zero-order valence-corrected chi connectivity index (χ0v) is 18.4. The third kappa shape index (κ3) is 6.71. The normalized spacial score (nSPS) is 20.8. The molecular formula is C23H36N4O3. The van der Waals surface area contributed by atoms with E-state index in [2.05, 4.69) is 22.5 Å². The molecule has 1 amide bonds. The number of ether oxygens (including phenoxy) is 2. The molecule has 2 heterocycles. The molecule has 0 aromatic heterocycles. The second kappa shape index (κ2) is 11.9. The number of nitrogens with zero attached hydrogens (tertiary/aromatic N) is 2. The molecule has 1 aromatic carbocycles. The largest absolute Gasteiger partial charge is 0.376 e. The van der Waals surface area contributed by atoms with Gasteiger partial charge in [-0.1, -0.05) is 12.1 Å². The van der Waals surface area contributed by atoms with Crippen LogP contribution in [-0.4, -0.2) is 68.9 Å². The minimum atomic E-state index is -0.0755. The van der Waals surface area contributed by atoms with E-state index in [1.165, 1.54) is 12.8 Å². The summed E-state index contributed by atoms with van der Waals surface area (Å²) < 4.78 is 11.9. The highest BCUT2D eigenvalue weighted by Crippen LogP contribution is 2.18. The molecule has 2 saturated heterocycles. The zero-order valence-electron chi connectivity index (χ0n) is 18.4. The summed E-state index contributed by atoms with van der Waals surface area (Å²) in [7, 11) is 1.64. The van der Waals surface area contributed by atoms with Crippen molar-refractivity contribution in [1.82, 2.24) is 15.5 Å². The van der Waals surface area contributed by atoms with Gasteiger partial charge < -0.3 is 25.0 Å². The summed E-state index contributed by atoms with van der Waals surface area (Å²) >= 11 is 0. The maximum absolute atomic E-state index is 11.9. The predicted octanol–water partition coefficient (Wildman–Crippen LogP) is 2.56. The van der Waals surface area contributed by atoms with Gasteiger partial charge in [0.25, 0.3) is 5.91 Å². The van der Waals surface area contributed by atoms with Crippen LogP contribution >= 0.6 is 0 Å².